The highest BCUT2D eigenvalue weighted by Gasteiger charge is 2.30. The first kappa shape index (κ1) is 14.2. The number of anilines is 1. The van der Waals surface area contributed by atoms with Crippen LogP contribution in [0.2, 0.25) is 0 Å². The summed E-state index contributed by atoms with van der Waals surface area (Å²) >= 11 is 0. The Bertz CT molecular complexity index is 544. The number of rotatable bonds is 3. The Balaban J connectivity index is 2.31. The van der Waals surface area contributed by atoms with Crippen LogP contribution in [0.25, 0.3) is 0 Å². The predicted octanol–water partition coefficient (Wildman–Crippen LogP) is -0.210. The fourth-order valence-corrected chi connectivity index (χ4v) is 3.43. The third-order valence-electron chi connectivity index (χ3n) is 2.84. The van der Waals surface area contributed by atoms with Crippen molar-refractivity contribution in [1.29, 1.82) is 0 Å². The number of hydrogen-bond donors (Lipinski definition) is 2. The van der Waals surface area contributed by atoms with E-state index >= 15 is 0 Å². The van der Waals surface area contributed by atoms with E-state index in [-0.39, 0.29) is 36.9 Å². The maximum Gasteiger partial charge on any atom is 0.243 e. The molecule has 3 N–H and O–H groups in total. The van der Waals surface area contributed by atoms with Crippen LogP contribution in [-0.2, 0) is 14.8 Å². The van der Waals surface area contributed by atoms with Crippen LogP contribution < -0.4 is 5.73 Å². The van der Waals surface area contributed by atoms with Crippen molar-refractivity contribution in [2.75, 3.05) is 32.0 Å². The van der Waals surface area contributed by atoms with Gasteiger partial charge in [0.25, 0.3) is 0 Å². The number of halogens is 1. The fourth-order valence-electron chi connectivity index (χ4n) is 1.90. The van der Waals surface area contributed by atoms with Gasteiger partial charge in [0, 0.05) is 18.8 Å². The van der Waals surface area contributed by atoms with Gasteiger partial charge >= 0.3 is 0 Å². The van der Waals surface area contributed by atoms with Crippen LogP contribution >= 0.6 is 0 Å². The van der Waals surface area contributed by atoms with Gasteiger partial charge in [0.05, 0.1) is 24.2 Å². The molecule has 1 saturated heterocycles. The molecule has 1 aromatic rings. The summed E-state index contributed by atoms with van der Waals surface area (Å²) in [6, 6.07) is 3.19. The number of nitrogens with zero attached hydrogens (tertiary/aromatic N) is 1. The van der Waals surface area contributed by atoms with E-state index in [9.17, 15) is 12.8 Å². The van der Waals surface area contributed by atoms with Crippen LogP contribution in [0.4, 0.5) is 10.1 Å². The van der Waals surface area contributed by atoms with Crippen LogP contribution in [-0.4, -0.2) is 50.2 Å². The van der Waals surface area contributed by atoms with Crippen LogP contribution in [0.15, 0.2) is 23.1 Å². The van der Waals surface area contributed by atoms with E-state index in [1.807, 2.05) is 0 Å². The average Bonchev–Trinajstić information content (AvgIpc) is 2.37. The number of nitrogen functional groups attached to an aromatic ring is 1. The van der Waals surface area contributed by atoms with Gasteiger partial charge < -0.3 is 15.6 Å². The van der Waals surface area contributed by atoms with Crippen LogP contribution in [0.5, 0.6) is 0 Å². The van der Waals surface area contributed by atoms with Crippen molar-refractivity contribution >= 4 is 15.7 Å². The molecule has 0 spiro atoms. The van der Waals surface area contributed by atoms with Crippen LogP contribution in [0, 0.1) is 5.82 Å². The molecule has 1 aliphatic heterocycles. The van der Waals surface area contributed by atoms with Crippen molar-refractivity contribution in [3.05, 3.63) is 24.0 Å². The molecule has 1 aromatic carbocycles. The first-order valence-corrected chi connectivity index (χ1v) is 7.16. The Hall–Kier alpha value is -1.22. The number of aliphatic hydroxyl groups excluding tert-OH is 1. The molecule has 1 heterocycles. The zero-order chi connectivity index (χ0) is 14.0. The Labute approximate surface area is 110 Å². The smallest absolute Gasteiger partial charge is 0.243 e. The second-order valence-corrected chi connectivity index (χ2v) is 6.20. The number of aliphatic hydroxyl groups is 1. The van der Waals surface area contributed by atoms with Crippen LogP contribution in [0.1, 0.15) is 0 Å². The summed E-state index contributed by atoms with van der Waals surface area (Å²) in [4.78, 5) is -0.191. The number of sulfonamides is 1. The monoisotopic (exact) mass is 290 g/mol. The molecule has 0 saturated carbocycles. The average molecular weight is 290 g/mol. The molecule has 0 aliphatic carbocycles. The summed E-state index contributed by atoms with van der Waals surface area (Å²) in [7, 11) is -3.83. The predicted molar refractivity (Wildman–Crippen MR) is 66.4 cm³/mol. The Morgan fingerprint density at radius 1 is 1.47 bits per heavy atom. The lowest BCUT2D eigenvalue weighted by Crippen LogP contribution is -2.46. The molecule has 0 amide bonds. The minimum atomic E-state index is -3.83. The van der Waals surface area contributed by atoms with Crippen molar-refractivity contribution < 1.29 is 22.7 Å². The fraction of sp³-hybridized carbons (Fsp3) is 0.455. The quantitative estimate of drug-likeness (QED) is 0.751. The number of morpholine rings is 1. The van der Waals surface area contributed by atoms with Crippen molar-refractivity contribution in [3.8, 4) is 0 Å². The largest absolute Gasteiger partial charge is 0.399 e. The second kappa shape index (κ2) is 5.41. The number of hydrogen-bond acceptors (Lipinski definition) is 5. The molecular weight excluding hydrogens is 275 g/mol. The van der Waals surface area contributed by atoms with Gasteiger partial charge in [-0.1, -0.05) is 0 Å². The zero-order valence-corrected chi connectivity index (χ0v) is 10.9. The van der Waals surface area contributed by atoms with Gasteiger partial charge in [-0.3, -0.25) is 0 Å². The maximum absolute atomic E-state index is 13.2. The molecule has 8 heteroatoms. The highest BCUT2D eigenvalue weighted by molar-refractivity contribution is 7.89. The van der Waals surface area contributed by atoms with Gasteiger partial charge in [0.1, 0.15) is 5.82 Å². The standard InChI is InChI=1S/C11H15FN2O4S/c12-8-3-9(13)5-11(4-8)19(16,17)14-1-2-18-10(6-14)7-15/h3-5,10,15H,1-2,6-7,13H2. The summed E-state index contributed by atoms with van der Waals surface area (Å²) < 4.78 is 44.2. The van der Waals surface area contributed by atoms with Gasteiger partial charge in [0.2, 0.25) is 10.0 Å². The Morgan fingerprint density at radius 3 is 2.84 bits per heavy atom. The van der Waals surface area contributed by atoms with Gasteiger partial charge in [-0.05, 0) is 18.2 Å². The van der Waals surface area contributed by atoms with E-state index in [1.165, 1.54) is 6.07 Å². The van der Waals surface area contributed by atoms with E-state index in [1.54, 1.807) is 0 Å². The summed E-state index contributed by atoms with van der Waals surface area (Å²) in [6.45, 7) is 0.122. The van der Waals surface area contributed by atoms with Crippen molar-refractivity contribution in [3.63, 3.8) is 0 Å². The van der Waals surface area contributed by atoms with Crippen molar-refractivity contribution in [1.82, 2.24) is 4.31 Å². The molecule has 19 heavy (non-hydrogen) atoms. The first-order valence-electron chi connectivity index (χ1n) is 5.72. The molecule has 0 radical (unpaired) electrons. The van der Waals surface area contributed by atoms with Gasteiger partial charge in [-0.15, -0.1) is 0 Å². The maximum atomic E-state index is 13.2. The van der Waals surface area contributed by atoms with Crippen molar-refractivity contribution in [2.24, 2.45) is 0 Å². The zero-order valence-electron chi connectivity index (χ0n) is 10.1. The molecule has 1 aliphatic rings. The van der Waals surface area contributed by atoms with E-state index in [4.69, 9.17) is 15.6 Å². The summed E-state index contributed by atoms with van der Waals surface area (Å²) in [5.41, 5.74) is 5.50. The number of benzene rings is 1. The summed E-state index contributed by atoms with van der Waals surface area (Å²) in [5.74, 6) is -0.703. The molecular formula is C11H15FN2O4S. The molecule has 1 atom stereocenters. The van der Waals surface area contributed by atoms with E-state index in [2.05, 4.69) is 0 Å². The first-order chi connectivity index (χ1) is 8.93. The lowest BCUT2D eigenvalue weighted by atomic mass is 10.3. The lowest BCUT2D eigenvalue weighted by Gasteiger charge is -2.31. The molecule has 0 bridgehead atoms. The Kier molecular flexibility index (Phi) is 4.04. The minimum absolute atomic E-state index is 0.0370. The molecule has 106 valence electrons. The topological polar surface area (TPSA) is 92.9 Å². The van der Waals surface area contributed by atoms with Gasteiger partial charge in [-0.25, -0.2) is 12.8 Å². The Morgan fingerprint density at radius 2 is 2.21 bits per heavy atom. The summed E-state index contributed by atoms with van der Waals surface area (Å²) in [5, 5.41) is 9.01. The minimum Gasteiger partial charge on any atom is -0.399 e. The molecule has 1 fully saturated rings. The second-order valence-electron chi connectivity index (χ2n) is 4.26. The summed E-state index contributed by atoms with van der Waals surface area (Å²) in [6.07, 6.45) is -0.561. The highest BCUT2D eigenvalue weighted by atomic mass is 32.2. The third kappa shape index (κ3) is 3.03. The van der Waals surface area contributed by atoms with Crippen LogP contribution in [0.3, 0.4) is 0 Å². The van der Waals surface area contributed by atoms with E-state index < -0.39 is 21.9 Å². The van der Waals surface area contributed by atoms with Crippen molar-refractivity contribution in [2.45, 2.75) is 11.0 Å². The third-order valence-corrected chi connectivity index (χ3v) is 4.68. The molecule has 0 aromatic heterocycles. The SMILES string of the molecule is Nc1cc(F)cc(S(=O)(=O)N2CCOC(CO)C2)c1. The number of nitrogens with two attached hydrogens (primary N) is 1. The van der Waals surface area contributed by atoms with Gasteiger partial charge in [0.15, 0.2) is 0 Å². The highest BCUT2D eigenvalue weighted by Crippen LogP contribution is 2.21. The van der Waals surface area contributed by atoms with E-state index in [0.29, 0.717) is 0 Å². The number of ether oxygens (including phenoxy) is 1. The molecule has 2 rings (SSSR count). The molecule has 1 unspecified atom stereocenters. The lowest BCUT2D eigenvalue weighted by molar-refractivity contribution is -0.0304. The van der Waals surface area contributed by atoms with E-state index in [0.717, 1.165) is 16.4 Å². The molecule has 6 nitrogen and oxygen atoms in total. The van der Waals surface area contributed by atoms with Gasteiger partial charge in [-0.2, -0.15) is 4.31 Å². The normalized spacial score (nSPS) is 21.5.